The van der Waals surface area contributed by atoms with Gasteiger partial charge in [0.05, 0.1) is 18.7 Å². The Morgan fingerprint density at radius 3 is 2.43 bits per heavy atom. The predicted octanol–water partition coefficient (Wildman–Crippen LogP) is 5.90. The van der Waals surface area contributed by atoms with Crippen molar-refractivity contribution in [1.82, 2.24) is 4.98 Å². The molecule has 0 bridgehead atoms. The third kappa shape index (κ3) is 6.63. The first-order valence-electron chi connectivity index (χ1n) is 10.4. The first-order chi connectivity index (χ1) is 14.7. The highest BCUT2D eigenvalue weighted by molar-refractivity contribution is 7.11. The van der Waals surface area contributed by atoms with E-state index in [1.165, 1.54) is 28.0 Å². The standard InChI is InChI=1S/C25H27NO3S/c1-2-16-29-24(28)17-22-18-30-25(26-22)23(27)11-7-6-8-19-12-14-21(15-13-19)20-9-4-3-5-10-20/h3-5,9-10,12-15,18H,2,6-8,11,16-17H2,1H3. The van der Waals surface area contributed by atoms with E-state index in [-0.39, 0.29) is 18.2 Å². The van der Waals surface area contributed by atoms with E-state index in [4.69, 9.17) is 4.74 Å². The molecule has 0 aliphatic carbocycles. The van der Waals surface area contributed by atoms with Crippen LogP contribution >= 0.6 is 11.3 Å². The van der Waals surface area contributed by atoms with Gasteiger partial charge in [-0.2, -0.15) is 0 Å². The van der Waals surface area contributed by atoms with Gasteiger partial charge in [-0.3, -0.25) is 9.59 Å². The van der Waals surface area contributed by atoms with Crippen LogP contribution in [0, 0.1) is 0 Å². The highest BCUT2D eigenvalue weighted by Crippen LogP contribution is 2.20. The van der Waals surface area contributed by atoms with E-state index >= 15 is 0 Å². The Morgan fingerprint density at radius 1 is 0.967 bits per heavy atom. The molecule has 0 amide bonds. The summed E-state index contributed by atoms with van der Waals surface area (Å²) < 4.78 is 5.06. The summed E-state index contributed by atoms with van der Waals surface area (Å²) >= 11 is 1.31. The molecule has 1 aromatic heterocycles. The number of hydrogen-bond acceptors (Lipinski definition) is 5. The van der Waals surface area contributed by atoms with Gasteiger partial charge in [-0.15, -0.1) is 11.3 Å². The predicted molar refractivity (Wildman–Crippen MR) is 121 cm³/mol. The number of esters is 1. The number of aromatic nitrogens is 1. The van der Waals surface area contributed by atoms with Crippen molar-refractivity contribution in [2.24, 2.45) is 0 Å². The van der Waals surface area contributed by atoms with Crippen LogP contribution in [-0.4, -0.2) is 23.3 Å². The number of rotatable bonds is 11. The summed E-state index contributed by atoms with van der Waals surface area (Å²) in [5.74, 6) is -0.243. The number of unbranched alkanes of at least 4 members (excludes halogenated alkanes) is 1. The van der Waals surface area contributed by atoms with Crippen LogP contribution in [0.1, 0.15) is 53.7 Å². The maximum Gasteiger partial charge on any atom is 0.311 e. The largest absolute Gasteiger partial charge is 0.465 e. The molecule has 0 spiro atoms. The topological polar surface area (TPSA) is 56.3 Å². The zero-order valence-corrected chi connectivity index (χ0v) is 18.1. The molecule has 3 aromatic rings. The van der Waals surface area contributed by atoms with Crippen LogP contribution in [0.15, 0.2) is 60.0 Å². The molecule has 0 radical (unpaired) electrons. The molecule has 0 aliphatic rings. The van der Waals surface area contributed by atoms with Crippen molar-refractivity contribution in [2.75, 3.05) is 6.61 Å². The highest BCUT2D eigenvalue weighted by atomic mass is 32.1. The summed E-state index contributed by atoms with van der Waals surface area (Å²) in [6, 6.07) is 19.0. The Bertz CT molecular complexity index is 948. The van der Waals surface area contributed by atoms with E-state index in [9.17, 15) is 9.59 Å². The molecule has 4 nitrogen and oxygen atoms in total. The van der Waals surface area contributed by atoms with Gasteiger partial charge in [-0.05, 0) is 42.4 Å². The summed E-state index contributed by atoms with van der Waals surface area (Å²) in [6.07, 6.45) is 4.14. The lowest BCUT2D eigenvalue weighted by Crippen LogP contribution is -2.09. The van der Waals surface area contributed by atoms with Crippen LogP contribution in [0.2, 0.25) is 0 Å². The van der Waals surface area contributed by atoms with Gasteiger partial charge in [0.25, 0.3) is 0 Å². The monoisotopic (exact) mass is 421 g/mol. The van der Waals surface area contributed by atoms with Gasteiger partial charge in [-0.25, -0.2) is 4.98 Å². The zero-order chi connectivity index (χ0) is 21.2. The number of aryl methyl sites for hydroxylation is 1. The lowest BCUT2D eigenvalue weighted by molar-refractivity contribution is -0.142. The molecular weight excluding hydrogens is 394 g/mol. The normalized spacial score (nSPS) is 10.7. The second-order valence-corrected chi connectivity index (χ2v) is 8.09. The fraction of sp³-hybridized carbons (Fsp3) is 0.320. The number of hydrogen-bond donors (Lipinski definition) is 0. The van der Waals surface area contributed by atoms with Crippen molar-refractivity contribution in [2.45, 2.75) is 45.4 Å². The van der Waals surface area contributed by atoms with Gasteiger partial charge in [0, 0.05) is 11.8 Å². The van der Waals surface area contributed by atoms with Crippen molar-refractivity contribution in [3.8, 4) is 11.1 Å². The maximum atomic E-state index is 12.4. The number of thiazole rings is 1. The molecule has 0 fully saturated rings. The lowest BCUT2D eigenvalue weighted by atomic mass is 10.0. The van der Waals surface area contributed by atoms with Crippen LogP contribution in [0.3, 0.4) is 0 Å². The van der Waals surface area contributed by atoms with E-state index in [0.29, 0.717) is 23.7 Å². The summed E-state index contributed by atoms with van der Waals surface area (Å²) in [5, 5.41) is 2.26. The van der Waals surface area contributed by atoms with Crippen LogP contribution < -0.4 is 0 Å². The van der Waals surface area contributed by atoms with E-state index in [1.807, 2.05) is 25.1 Å². The second-order valence-electron chi connectivity index (χ2n) is 7.23. The number of carbonyl (C=O) groups excluding carboxylic acids is 2. The molecule has 0 atom stereocenters. The van der Waals surface area contributed by atoms with Crippen molar-refractivity contribution in [3.63, 3.8) is 0 Å². The van der Waals surface area contributed by atoms with E-state index in [2.05, 4.69) is 41.4 Å². The Labute approximate surface area is 181 Å². The number of ketones is 1. The minimum atomic E-state index is -0.292. The van der Waals surface area contributed by atoms with Crippen LogP contribution in [-0.2, 0) is 22.4 Å². The van der Waals surface area contributed by atoms with Gasteiger partial charge in [0.15, 0.2) is 10.8 Å². The molecule has 1 heterocycles. The minimum absolute atomic E-state index is 0.0487. The molecule has 5 heteroatoms. The van der Waals surface area contributed by atoms with Crippen molar-refractivity contribution < 1.29 is 14.3 Å². The van der Waals surface area contributed by atoms with Crippen molar-refractivity contribution >= 4 is 23.1 Å². The molecule has 3 rings (SSSR count). The average Bonchev–Trinajstić information content (AvgIpc) is 3.24. The fourth-order valence-corrected chi connectivity index (χ4v) is 3.93. The molecule has 0 aliphatic heterocycles. The zero-order valence-electron chi connectivity index (χ0n) is 17.3. The number of ether oxygens (including phenoxy) is 1. The van der Waals surface area contributed by atoms with E-state index in [1.54, 1.807) is 5.38 Å². The molecule has 0 unspecified atom stereocenters. The van der Waals surface area contributed by atoms with Crippen LogP contribution in [0.5, 0.6) is 0 Å². The average molecular weight is 422 g/mol. The lowest BCUT2D eigenvalue weighted by Gasteiger charge is -2.05. The first kappa shape index (κ1) is 21.9. The van der Waals surface area contributed by atoms with Gasteiger partial charge in [0.2, 0.25) is 0 Å². The Hall–Kier alpha value is -2.79. The minimum Gasteiger partial charge on any atom is -0.465 e. The van der Waals surface area contributed by atoms with Crippen molar-refractivity contribution in [3.05, 3.63) is 76.2 Å². The van der Waals surface area contributed by atoms with E-state index < -0.39 is 0 Å². The van der Waals surface area contributed by atoms with Gasteiger partial charge >= 0.3 is 5.97 Å². The summed E-state index contributed by atoms with van der Waals surface area (Å²) in [6.45, 7) is 2.37. The fourth-order valence-electron chi connectivity index (χ4n) is 3.15. The molecule has 0 saturated carbocycles. The summed E-state index contributed by atoms with van der Waals surface area (Å²) in [7, 11) is 0. The number of nitrogens with zero attached hydrogens (tertiary/aromatic N) is 1. The summed E-state index contributed by atoms with van der Waals surface area (Å²) in [4.78, 5) is 28.3. The Kier molecular flexibility index (Phi) is 8.33. The van der Waals surface area contributed by atoms with Crippen LogP contribution in [0.4, 0.5) is 0 Å². The molecule has 30 heavy (non-hydrogen) atoms. The SMILES string of the molecule is CCCOC(=O)Cc1csc(C(=O)CCCCc2ccc(-c3ccccc3)cc2)n1. The molecule has 2 aromatic carbocycles. The molecule has 0 saturated heterocycles. The molecular formula is C25H27NO3S. The Morgan fingerprint density at radius 2 is 1.70 bits per heavy atom. The molecule has 0 N–H and O–H groups in total. The van der Waals surface area contributed by atoms with Gasteiger partial charge in [-0.1, -0.05) is 61.5 Å². The third-order valence-electron chi connectivity index (χ3n) is 4.76. The quantitative estimate of drug-likeness (QED) is 0.220. The number of benzene rings is 2. The Balaban J connectivity index is 1.40. The highest BCUT2D eigenvalue weighted by Gasteiger charge is 2.13. The van der Waals surface area contributed by atoms with Crippen LogP contribution in [0.25, 0.3) is 11.1 Å². The number of Topliss-reactive ketones (excluding diaryl/α,β-unsaturated/α-hetero) is 1. The maximum absolute atomic E-state index is 12.4. The van der Waals surface area contributed by atoms with Crippen molar-refractivity contribution in [1.29, 1.82) is 0 Å². The second kappa shape index (κ2) is 11.4. The van der Waals surface area contributed by atoms with Gasteiger partial charge in [0.1, 0.15) is 0 Å². The number of carbonyl (C=O) groups is 2. The summed E-state index contributed by atoms with van der Waals surface area (Å²) in [5.41, 5.74) is 4.33. The van der Waals surface area contributed by atoms with Gasteiger partial charge < -0.3 is 4.74 Å². The smallest absolute Gasteiger partial charge is 0.311 e. The molecule has 156 valence electrons. The first-order valence-corrected chi connectivity index (χ1v) is 11.3. The third-order valence-corrected chi connectivity index (χ3v) is 5.70. The van der Waals surface area contributed by atoms with E-state index in [0.717, 1.165) is 25.7 Å².